The number of nitrogens with zero attached hydrogens (tertiary/aromatic N) is 2. The van der Waals surface area contributed by atoms with Crippen LogP contribution in [-0.2, 0) is 11.3 Å². The zero-order chi connectivity index (χ0) is 23.4. The van der Waals surface area contributed by atoms with Crippen LogP contribution in [0.5, 0.6) is 0 Å². The summed E-state index contributed by atoms with van der Waals surface area (Å²) in [7, 11) is 2.85. The van der Waals surface area contributed by atoms with Gasteiger partial charge in [-0.25, -0.2) is 0 Å². The zero-order valence-corrected chi connectivity index (χ0v) is 22.5. The third-order valence-corrected chi connectivity index (χ3v) is 12.2. The molecule has 0 radical (unpaired) electrons. The van der Waals surface area contributed by atoms with Crippen molar-refractivity contribution in [1.82, 2.24) is 9.97 Å². The van der Waals surface area contributed by atoms with Gasteiger partial charge in [-0.2, -0.15) is 0 Å². The first-order valence-corrected chi connectivity index (χ1v) is 13.7. The van der Waals surface area contributed by atoms with Gasteiger partial charge in [-0.05, 0) is 64.7 Å². The van der Waals surface area contributed by atoms with Gasteiger partial charge in [0.2, 0.25) is 0 Å². The number of benzene rings is 1. The van der Waals surface area contributed by atoms with Gasteiger partial charge in [-0.1, -0.05) is 85.9 Å². The van der Waals surface area contributed by atoms with Crippen LogP contribution in [0.4, 0.5) is 0 Å². The summed E-state index contributed by atoms with van der Waals surface area (Å²) in [6, 6.07) is 21.3. The number of rotatable bonds is 9. The van der Waals surface area contributed by atoms with Gasteiger partial charge in [-0.15, -0.1) is 9.24 Å². The van der Waals surface area contributed by atoms with E-state index in [9.17, 15) is 0 Å². The van der Waals surface area contributed by atoms with Crippen LogP contribution in [0, 0.1) is 0 Å². The quantitative estimate of drug-likeness (QED) is 0.300. The molecule has 0 aliphatic heterocycles. The maximum absolute atomic E-state index is 4.80. The Kier molecular flexibility index (Phi) is 7.90. The SMILES string of the molecule is CCC(C)(C)P(Cc1ccccc1C(P)(c1ccccn1)c1ccccn1)C(C)(C)CC. The minimum atomic E-state index is -0.493. The van der Waals surface area contributed by atoms with Gasteiger partial charge in [0, 0.05) is 12.4 Å². The van der Waals surface area contributed by atoms with Crippen LogP contribution in [0.3, 0.4) is 0 Å². The fourth-order valence-electron chi connectivity index (χ4n) is 4.44. The summed E-state index contributed by atoms with van der Waals surface area (Å²) < 4.78 is 0. The molecule has 32 heavy (non-hydrogen) atoms. The van der Waals surface area contributed by atoms with Crippen molar-refractivity contribution >= 4 is 17.2 Å². The van der Waals surface area contributed by atoms with E-state index in [1.165, 1.54) is 24.0 Å². The number of hydrogen-bond acceptors (Lipinski definition) is 2. The van der Waals surface area contributed by atoms with E-state index in [-0.39, 0.29) is 7.92 Å². The number of pyridine rings is 2. The molecule has 1 atom stereocenters. The zero-order valence-electron chi connectivity index (χ0n) is 20.5. The normalized spacial score (nSPS) is 12.9. The third kappa shape index (κ3) is 4.98. The summed E-state index contributed by atoms with van der Waals surface area (Å²) in [5.41, 5.74) is 4.71. The summed E-state index contributed by atoms with van der Waals surface area (Å²) in [6.07, 6.45) is 7.25. The molecule has 3 aromatic rings. The van der Waals surface area contributed by atoms with Crippen LogP contribution in [0.15, 0.2) is 73.1 Å². The first kappa shape index (κ1) is 25.0. The Morgan fingerprint density at radius 3 is 1.62 bits per heavy atom. The second kappa shape index (κ2) is 10.1. The standard InChI is InChI=1S/C28H38N2P2/c1-7-26(3,4)32(27(5,6)8-2)21-22-15-9-10-16-23(22)28(31,24-17-11-13-19-29-24)25-18-12-14-20-30-25/h9-20H,7-8,21,31H2,1-6H3. The van der Waals surface area contributed by atoms with Crippen molar-refractivity contribution in [1.29, 1.82) is 0 Å². The van der Waals surface area contributed by atoms with E-state index in [2.05, 4.69) is 99.3 Å². The van der Waals surface area contributed by atoms with Crippen LogP contribution in [0.25, 0.3) is 0 Å². The highest BCUT2D eigenvalue weighted by molar-refractivity contribution is 7.60. The average molecular weight is 465 g/mol. The van der Waals surface area contributed by atoms with Crippen LogP contribution in [0.2, 0.25) is 0 Å². The molecule has 0 amide bonds. The molecule has 170 valence electrons. The molecule has 0 aliphatic rings. The molecule has 0 saturated heterocycles. The van der Waals surface area contributed by atoms with Crippen molar-refractivity contribution in [2.75, 3.05) is 0 Å². The van der Waals surface area contributed by atoms with E-state index >= 15 is 0 Å². The monoisotopic (exact) mass is 464 g/mol. The van der Waals surface area contributed by atoms with Gasteiger partial charge in [0.05, 0.1) is 16.5 Å². The van der Waals surface area contributed by atoms with E-state index in [1.54, 1.807) is 0 Å². The predicted molar refractivity (Wildman–Crippen MR) is 144 cm³/mol. The van der Waals surface area contributed by atoms with E-state index in [0.717, 1.165) is 17.5 Å². The summed E-state index contributed by atoms with van der Waals surface area (Å²) in [5.74, 6) is 0. The molecular weight excluding hydrogens is 426 g/mol. The van der Waals surface area contributed by atoms with Crippen molar-refractivity contribution in [3.05, 3.63) is 95.6 Å². The van der Waals surface area contributed by atoms with Crippen molar-refractivity contribution in [3.63, 3.8) is 0 Å². The number of aromatic nitrogens is 2. The summed E-state index contributed by atoms with van der Waals surface area (Å²) in [5, 5.41) is 0.121. The molecule has 0 fully saturated rings. The lowest BCUT2D eigenvalue weighted by atomic mass is 9.87. The fraction of sp³-hybridized carbons (Fsp3) is 0.429. The summed E-state index contributed by atoms with van der Waals surface area (Å²) >= 11 is 0. The maximum Gasteiger partial charge on any atom is 0.0935 e. The lowest BCUT2D eigenvalue weighted by Crippen LogP contribution is -2.31. The molecule has 2 nitrogen and oxygen atoms in total. The molecule has 2 aromatic heterocycles. The molecule has 0 aliphatic carbocycles. The van der Waals surface area contributed by atoms with Crippen LogP contribution in [0.1, 0.15) is 76.9 Å². The Labute approximate surface area is 198 Å². The highest BCUT2D eigenvalue weighted by Crippen LogP contribution is 2.64. The lowest BCUT2D eigenvalue weighted by Gasteiger charge is -2.46. The minimum absolute atomic E-state index is 0.275. The van der Waals surface area contributed by atoms with Crippen molar-refractivity contribution in [2.45, 2.75) is 76.0 Å². The maximum atomic E-state index is 4.80. The molecule has 0 bridgehead atoms. The first-order chi connectivity index (χ1) is 15.2. The summed E-state index contributed by atoms with van der Waals surface area (Å²) in [4.78, 5) is 9.60. The van der Waals surface area contributed by atoms with E-state index in [0.29, 0.717) is 10.3 Å². The summed E-state index contributed by atoms with van der Waals surface area (Å²) in [6.45, 7) is 14.5. The fourth-order valence-corrected chi connectivity index (χ4v) is 8.94. The van der Waals surface area contributed by atoms with Gasteiger partial charge >= 0.3 is 0 Å². The second-order valence-electron chi connectivity index (χ2n) is 9.81. The Balaban J connectivity index is 2.20. The van der Waals surface area contributed by atoms with E-state index < -0.39 is 5.16 Å². The first-order valence-electron chi connectivity index (χ1n) is 11.6. The van der Waals surface area contributed by atoms with Crippen molar-refractivity contribution in [2.24, 2.45) is 0 Å². The topological polar surface area (TPSA) is 25.8 Å². The number of hydrogen-bond donors (Lipinski definition) is 0. The smallest absolute Gasteiger partial charge is 0.0935 e. The Morgan fingerprint density at radius 2 is 1.19 bits per heavy atom. The molecule has 0 N–H and O–H groups in total. The van der Waals surface area contributed by atoms with E-state index in [4.69, 9.17) is 9.97 Å². The lowest BCUT2D eigenvalue weighted by molar-refractivity contribution is 0.601. The highest BCUT2D eigenvalue weighted by Gasteiger charge is 2.41. The third-order valence-electron chi connectivity index (χ3n) is 7.10. The average Bonchev–Trinajstić information content (AvgIpc) is 2.83. The van der Waals surface area contributed by atoms with Gasteiger partial charge in [0.25, 0.3) is 0 Å². The Bertz CT molecular complexity index is 945. The van der Waals surface area contributed by atoms with Gasteiger partial charge in [0.15, 0.2) is 0 Å². The predicted octanol–water partition coefficient (Wildman–Crippen LogP) is 8.00. The molecule has 3 rings (SSSR count). The highest BCUT2D eigenvalue weighted by atomic mass is 31.1. The minimum Gasteiger partial charge on any atom is -0.260 e. The molecular formula is C28H38N2P2. The van der Waals surface area contributed by atoms with Crippen LogP contribution >= 0.6 is 17.2 Å². The largest absolute Gasteiger partial charge is 0.260 e. The van der Waals surface area contributed by atoms with Gasteiger partial charge in [-0.3, -0.25) is 9.97 Å². The van der Waals surface area contributed by atoms with E-state index in [1.807, 2.05) is 24.5 Å². The Hall–Kier alpha value is -1.62. The molecule has 0 spiro atoms. The second-order valence-corrected chi connectivity index (χ2v) is 14.3. The molecule has 0 saturated carbocycles. The molecule has 4 heteroatoms. The van der Waals surface area contributed by atoms with Crippen molar-refractivity contribution in [3.8, 4) is 0 Å². The molecule has 1 aromatic carbocycles. The van der Waals surface area contributed by atoms with Crippen LogP contribution in [-0.4, -0.2) is 20.3 Å². The van der Waals surface area contributed by atoms with Gasteiger partial charge < -0.3 is 0 Å². The van der Waals surface area contributed by atoms with Crippen LogP contribution < -0.4 is 0 Å². The van der Waals surface area contributed by atoms with Crippen molar-refractivity contribution < 1.29 is 0 Å². The molecule has 2 heterocycles. The Morgan fingerprint density at radius 1 is 0.719 bits per heavy atom. The molecule has 1 unspecified atom stereocenters. The van der Waals surface area contributed by atoms with Gasteiger partial charge in [0.1, 0.15) is 0 Å².